The van der Waals surface area contributed by atoms with Gasteiger partial charge in [-0.25, -0.2) is 0 Å². The van der Waals surface area contributed by atoms with Crippen molar-refractivity contribution in [3.05, 3.63) is 88.0 Å². The van der Waals surface area contributed by atoms with Gasteiger partial charge in [-0.2, -0.15) is 0 Å². The van der Waals surface area contributed by atoms with Crippen molar-refractivity contribution in [1.82, 2.24) is 5.32 Å². The number of phenols is 1. The molecule has 0 bridgehead atoms. The Hall–Kier alpha value is -3.20. The van der Waals surface area contributed by atoms with Crippen molar-refractivity contribution in [2.24, 2.45) is 0 Å². The number of nitro benzene ring substituents is 1. The van der Waals surface area contributed by atoms with Crippen LogP contribution in [-0.4, -0.2) is 44.7 Å². The normalized spacial score (nSPS) is 20.4. The van der Waals surface area contributed by atoms with Crippen LogP contribution in [0.2, 0.25) is 5.04 Å². The van der Waals surface area contributed by atoms with Crippen molar-refractivity contribution in [1.29, 1.82) is 0 Å². The highest BCUT2D eigenvalue weighted by molar-refractivity contribution is 7.00. The first-order valence-electron chi connectivity index (χ1n) is 14.2. The summed E-state index contributed by atoms with van der Waals surface area (Å²) in [6.45, 7) is 11.3. The fraction of sp³-hybridized carbons (Fsp3) is 0.438. The molecule has 212 valence electrons. The molecule has 0 aromatic heterocycles. The maximum Gasteiger partial charge on any atom is 0.319 e. The first-order chi connectivity index (χ1) is 19.1. The highest BCUT2D eigenvalue weighted by Gasteiger charge is 2.54. The number of hydrogen-bond acceptors (Lipinski definition) is 6. The molecule has 0 saturated carbocycles. The molecule has 8 heteroatoms. The van der Waals surface area contributed by atoms with E-state index < -0.39 is 18.7 Å². The van der Waals surface area contributed by atoms with Gasteiger partial charge in [0.25, 0.3) is 0 Å². The summed E-state index contributed by atoms with van der Waals surface area (Å²) in [5.41, 5.74) is 0.651. The molecular formula is C32H40N2O5Si. The molecule has 0 spiro atoms. The van der Waals surface area contributed by atoms with Crippen LogP contribution >= 0.6 is 0 Å². The number of nitrogens with one attached hydrogen (secondary N) is 1. The first-order valence-corrected chi connectivity index (χ1v) is 16.1. The molecule has 2 N–H and O–H groups in total. The van der Waals surface area contributed by atoms with Crippen molar-refractivity contribution in [2.75, 3.05) is 26.3 Å². The van der Waals surface area contributed by atoms with Crippen LogP contribution in [0, 0.1) is 10.1 Å². The van der Waals surface area contributed by atoms with Gasteiger partial charge in [0.05, 0.1) is 17.1 Å². The fourth-order valence-corrected chi connectivity index (χ4v) is 11.0. The first kappa shape index (κ1) is 28.3. The van der Waals surface area contributed by atoms with E-state index in [2.05, 4.69) is 57.3 Å². The van der Waals surface area contributed by atoms with Crippen LogP contribution in [0.25, 0.3) is 0 Å². The van der Waals surface area contributed by atoms with Crippen molar-refractivity contribution in [3.8, 4) is 11.5 Å². The number of phenolic OH excluding ortho intramolecular Hbond substituents is 1. The maximum absolute atomic E-state index is 12.6. The lowest BCUT2D eigenvalue weighted by Crippen LogP contribution is -2.69. The Bertz CT molecular complexity index is 1310. The number of benzene rings is 3. The zero-order valence-corrected chi connectivity index (χ0v) is 24.9. The highest BCUT2D eigenvalue weighted by atomic mass is 28.4. The SMILES string of the molecule is CC1(c2cc(O)c([N+](=O)[O-])c(C3CCNCC3)c2O[Si](c2ccccc2)(c2ccccc2)C(C)(C)C)CCOC1. The van der Waals surface area contributed by atoms with Crippen LogP contribution in [0.5, 0.6) is 11.5 Å². The summed E-state index contributed by atoms with van der Waals surface area (Å²) < 4.78 is 13.5. The lowest BCUT2D eigenvalue weighted by atomic mass is 9.77. The summed E-state index contributed by atoms with van der Waals surface area (Å²) in [5.74, 6) is 0.154. The smallest absolute Gasteiger partial charge is 0.319 e. The van der Waals surface area contributed by atoms with Gasteiger partial charge in [-0.15, -0.1) is 0 Å². The zero-order chi connectivity index (χ0) is 28.5. The topological polar surface area (TPSA) is 93.9 Å². The van der Waals surface area contributed by atoms with E-state index in [1.807, 2.05) is 36.4 Å². The lowest BCUT2D eigenvalue weighted by molar-refractivity contribution is -0.386. The van der Waals surface area contributed by atoms with Crippen molar-refractivity contribution in [2.45, 2.75) is 63.3 Å². The van der Waals surface area contributed by atoms with Crippen LogP contribution in [-0.2, 0) is 10.2 Å². The van der Waals surface area contributed by atoms with Crippen LogP contribution in [0.3, 0.4) is 0 Å². The molecule has 40 heavy (non-hydrogen) atoms. The predicted molar refractivity (Wildman–Crippen MR) is 161 cm³/mol. The van der Waals surface area contributed by atoms with Crippen LogP contribution in [0.4, 0.5) is 5.69 Å². The molecular weight excluding hydrogens is 520 g/mol. The molecule has 2 aliphatic heterocycles. The largest absolute Gasteiger partial charge is 0.533 e. The molecule has 5 rings (SSSR count). The molecule has 0 aliphatic carbocycles. The van der Waals surface area contributed by atoms with Crippen LogP contribution < -0.4 is 20.1 Å². The quantitative estimate of drug-likeness (QED) is 0.229. The highest BCUT2D eigenvalue weighted by Crippen LogP contribution is 2.52. The van der Waals surface area contributed by atoms with E-state index in [1.54, 1.807) is 6.07 Å². The second kappa shape index (κ2) is 11.0. The average molecular weight is 561 g/mol. The molecule has 2 aliphatic rings. The van der Waals surface area contributed by atoms with Gasteiger partial charge >= 0.3 is 14.0 Å². The Kier molecular flexibility index (Phi) is 7.78. The zero-order valence-electron chi connectivity index (χ0n) is 23.9. The second-order valence-electron chi connectivity index (χ2n) is 12.4. The molecule has 3 aromatic rings. The number of aromatic hydroxyl groups is 1. The number of nitro groups is 1. The third-order valence-corrected chi connectivity index (χ3v) is 13.7. The van der Waals surface area contributed by atoms with Gasteiger partial charge in [-0.3, -0.25) is 10.1 Å². The van der Waals surface area contributed by atoms with E-state index in [-0.39, 0.29) is 22.4 Å². The van der Waals surface area contributed by atoms with E-state index in [9.17, 15) is 15.2 Å². The van der Waals surface area contributed by atoms with Crippen molar-refractivity contribution < 1.29 is 19.2 Å². The summed E-state index contributed by atoms with van der Waals surface area (Å²) in [5, 5.41) is 29.1. The number of hydrogen-bond donors (Lipinski definition) is 2. The monoisotopic (exact) mass is 560 g/mol. The Morgan fingerprint density at radius 2 is 1.62 bits per heavy atom. The van der Waals surface area contributed by atoms with Gasteiger partial charge in [-0.05, 0) is 59.7 Å². The minimum atomic E-state index is -3.14. The average Bonchev–Trinajstić information content (AvgIpc) is 3.39. The number of piperidine rings is 1. The maximum atomic E-state index is 12.6. The number of rotatable bonds is 7. The molecule has 0 amide bonds. The summed E-state index contributed by atoms with van der Waals surface area (Å²) in [6.07, 6.45) is 2.20. The van der Waals surface area contributed by atoms with E-state index in [4.69, 9.17) is 9.16 Å². The van der Waals surface area contributed by atoms with Crippen LogP contribution in [0.1, 0.15) is 64.0 Å². The number of ether oxygens (including phenoxy) is 1. The molecule has 1 unspecified atom stereocenters. The van der Waals surface area contributed by atoms with Crippen molar-refractivity contribution >= 4 is 24.4 Å². The Morgan fingerprint density at radius 3 is 2.10 bits per heavy atom. The third-order valence-electron chi connectivity index (χ3n) is 8.74. The van der Waals surface area contributed by atoms with Gasteiger partial charge < -0.3 is 19.6 Å². The Balaban J connectivity index is 1.88. The standard InChI is InChI=1S/C32H40N2O5Si/c1-31(2,3)40(24-11-7-5-8-12-24,25-13-9-6-10-14-25)39-30-26(32(4)17-20-38-22-32)21-27(35)29(34(36)37)28(30)23-15-18-33-19-16-23/h5-14,21,23,33,35H,15-20,22H2,1-4H3. The van der Waals surface area contributed by atoms with Gasteiger partial charge in [0.15, 0.2) is 5.75 Å². The van der Waals surface area contributed by atoms with Crippen LogP contribution in [0.15, 0.2) is 66.7 Å². The fourth-order valence-electron chi connectivity index (χ4n) is 6.58. The van der Waals surface area contributed by atoms with E-state index in [0.717, 1.165) is 48.3 Å². The molecule has 3 aromatic carbocycles. The molecule has 1 atom stereocenters. The summed E-state index contributed by atoms with van der Waals surface area (Å²) in [4.78, 5) is 12.2. The lowest BCUT2D eigenvalue weighted by Gasteiger charge is -2.45. The summed E-state index contributed by atoms with van der Waals surface area (Å²) in [6, 6.07) is 22.3. The minimum absolute atomic E-state index is 0.119. The predicted octanol–water partition coefficient (Wildman–Crippen LogP) is 5.38. The third kappa shape index (κ3) is 4.93. The second-order valence-corrected chi connectivity index (χ2v) is 16.7. The summed E-state index contributed by atoms with van der Waals surface area (Å²) >= 11 is 0. The molecule has 0 radical (unpaired) electrons. The van der Waals surface area contributed by atoms with E-state index in [0.29, 0.717) is 24.5 Å². The van der Waals surface area contributed by atoms with Crippen molar-refractivity contribution in [3.63, 3.8) is 0 Å². The molecule has 2 heterocycles. The van der Waals surface area contributed by atoms with Gasteiger partial charge in [0.1, 0.15) is 5.75 Å². The van der Waals surface area contributed by atoms with E-state index >= 15 is 0 Å². The van der Waals surface area contributed by atoms with Gasteiger partial charge in [-0.1, -0.05) is 88.4 Å². The molecule has 2 fully saturated rings. The molecule has 7 nitrogen and oxygen atoms in total. The minimum Gasteiger partial charge on any atom is -0.533 e. The molecule has 2 saturated heterocycles. The number of nitrogens with zero attached hydrogens (tertiary/aromatic N) is 1. The Labute approximate surface area is 237 Å². The van der Waals surface area contributed by atoms with Gasteiger partial charge in [0, 0.05) is 17.6 Å². The summed E-state index contributed by atoms with van der Waals surface area (Å²) in [7, 11) is -3.14. The van der Waals surface area contributed by atoms with Gasteiger partial charge in [0.2, 0.25) is 0 Å². The Morgan fingerprint density at radius 1 is 1.05 bits per heavy atom. The van der Waals surface area contributed by atoms with E-state index in [1.165, 1.54) is 0 Å².